The number of aromatic nitrogens is 1. The minimum Gasteiger partial charge on any atom is -0.364 e. The Bertz CT molecular complexity index is 165. The molecule has 1 aliphatic rings. The highest BCUT2D eigenvalue weighted by Gasteiger charge is 2.24. The topological polar surface area (TPSA) is 26.0 Å². The van der Waals surface area contributed by atoms with Crippen molar-refractivity contribution in [3.8, 4) is 0 Å². The fourth-order valence-corrected chi connectivity index (χ4v) is 0.770. The van der Waals surface area contributed by atoms with E-state index in [2.05, 4.69) is 15.9 Å². The molecular weight excluding hydrogens is 102 g/mol. The Labute approximate surface area is 47.5 Å². The van der Waals surface area contributed by atoms with Crippen LogP contribution in [0.25, 0.3) is 0 Å². The highest BCUT2D eigenvalue weighted by Crippen LogP contribution is 2.39. The molecule has 0 amide bonds. The minimum atomic E-state index is 0.723. The molecule has 1 saturated carbocycles. The molecule has 1 aromatic rings. The summed E-state index contributed by atoms with van der Waals surface area (Å²) in [5, 5.41) is 3.48. The zero-order valence-electron chi connectivity index (χ0n) is 4.42. The van der Waals surface area contributed by atoms with Crippen LogP contribution >= 0.6 is 0 Å². The van der Waals surface area contributed by atoms with Gasteiger partial charge in [0.1, 0.15) is 12.5 Å². The van der Waals surface area contributed by atoms with Crippen LogP contribution in [0.5, 0.6) is 0 Å². The van der Waals surface area contributed by atoms with Crippen LogP contribution in [-0.2, 0) is 0 Å². The fourth-order valence-electron chi connectivity index (χ4n) is 0.770. The van der Waals surface area contributed by atoms with Crippen LogP contribution < -0.4 is 0 Å². The maximum atomic E-state index is 4.61. The zero-order valence-corrected chi connectivity index (χ0v) is 4.42. The van der Waals surface area contributed by atoms with Gasteiger partial charge in [-0.2, -0.15) is 0 Å². The summed E-state index contributed by atoms with van der Waals surface area (Å²) >= 11 is 0. The SMILES string of the molecule is [c]1nocc1C1CC1. The molecule has 1 aromatic heterocycles. The summed E-state index contributed by atoms with van der Waals surface area (Å²) in [5.41, 5.74) is 1.14. The molecule has 1 heterocycles. The first-order valence-corrected chi connectivity index (χ1v) is 2.79. The maximum Gasteiger partial charge on any atom is 0.139 e. The van der Waals surface area contributed by atoms with Crippen molar-refractivity contribution in [1.82, 2.24) is 5.16 Å². The molecule has 1 fully saturated rings. The van der Waals surface area contributed by atoms with Crippen molar-refractivity contribution in [3.05, 3.63) is 18.0 Å². The molecule has 0 N–H and O–H groups in total. The number of rotatable bonds is 1. The first-order valence-electron chi connectivity index (χ1n) is 2.79. The summed E-state index contributed by atoms with van der Waals surface area (Å²) in [6.07, 6.45) is 7.04. The molecule has 1 aliphatic carbocycles. The molecule has 0 bridgehead atoms. The summed E-state index contributed by atoms with van der Waals surface area (Å²) in [5.74, 6) is 0.723. The van der Waals surface area contributed by atoms with E-state index in [1.165, 1.54) is 12.8 Å². The van der Waals surface area contributed by atoms with Gasteiger partial charge in [-0.1, -0.05) is 5.16 Å². The van der Waals surface area contributed by atoms with Gasteiger partial charge in [0.15, 0.2) is 0 Å². The highest BCUT2D eigenvalue weighted by atomic mass is 16.5. The monoisotopic (exact) mass is 108 g/mol. The van der Waals surface area contributed by atoms with E-state index in [1.54, 1.807) is 6.26 Å². The summed E-state index contributed by atoms with van der Waals surface area (Å²) in [4.78, 5) is 0. The lowest BCUT2D eigenvalue weighted by Crippen LogP contribution is -1.68. The lowest BCUT2D eigenvalue weighted by atomic mass is 10.2. The van der Waals surface area contributed by atoms with E-state index < -0.39 is 0 Å². The third kappa shape index (κ3) is 0.529. The number of nitrogens with zero attached hydrogens (tertiary/aromatic N) is 1. The Morgan fingerprint density at radius 2 is 2.62 bits per heavy atom. The van der Waals surface area contributed by atoms with E-state index in [0.29, 0.717) is 0 Å². The number of hydrogen-bond donors (Lipinski definition) is 0. The maximum absolute atomic E-state index is 4.61. The van der Waals surface area contributed by atoms with Crippen molar-refractivity contribution < 1.29 is 4.52 Å². The molecule has 0 spiro atoms. The molecular formula is C6H6NO. The summed E-state index contributed by atoms with van der Waals surface area (Å²) in [6.45, 7) is 0. The Hall–Kier alpha value is -0.790. The van der Waals surface area contributed by atoms with Crippen LogP contribution in [0.2, 0.25) is 0 Å². The van der Waals surface area contributed by atoms with Gasteiger partial charge >= 0.3 is 0 Å². The summed E-state index contributed by atoms with van der Waals surface area (Å²) in [7, 11) is 0. The summed E-state index contributed by atoms with van der Waals surface area (Å²) < 4.78 is 4.61. The second-order valence-electron chi connectivity index (χ2n) is 2.16. The predicted octanol–water partition coefficient (Wildman–Crippen LogP) is 1.35. The van der Waals surface area contributed by atoms with Crippen molar-refractivity contribution in [2.45, 2.75) is 18.8 Å². The van der Waals surface area contributed by atoms with Crippen molar-refractivity contribution in [2.75, 3.05) is 0 Å². The van der Waals surface area contributed by atoms with Crippen LogP contribution in [0.3, 0.4) is 0 Å². The third-order valence-electron chi connectivity index (χ3n) is 1.42. The standard InChI is InChI=1S/C6H6NO/c1-2-5(1)6-3-7-8-4-6/h4-5H,1-2H2. The molecule has 2 heteroatoms. The minimum absolute atomic E-state index is 0.723. The van der Waals surface area contributed by atoms with Gasteiger partial charge in [-0.05, 0) is 18.8 Å². The Kier molecular flexibility index (Phi) is 0.692. The van der Waals surface area contributed by atoms with E-state index in [1.807, 2.05) is 0 Å². The molecule has 41 valence electrons. The van der Waals surface area contributed by atoms with E-state index in [4.69, 9.17) is 0 Å². The molecule has 2 rings (SSSR count). The number of hydrogen-bond acceptors (Lipinski definition) is 2. The quantitative estimate of drug-likeness (QED) is 0.542. The van der Waals surface area contributed by atoms with Gasteiger partial charge in [0.2, 0.25) is 0 Å². The second-order valence-corrected chi connectivity index (χ2v) is 2.16. The normalized spacial score (nSPS) is 19.0. The van der Waals surface area contributed by atoms with Gasteiger partial charge in [0, 0.05) is 5.56 Å². The van der Waals surface area contributed by atoms with Crippen LogP contribution in [-0.4, -0.2) is 5.16 Å². The van der Waals surface area contributed by atoms with E-state index in [9.17, 15) is 0 Å². The van der Waals surface area contributed by atoms with E-state index in [-0.39, 0.29) is 0 Å². The van der Waals surface area contributed by atoms with Gasteiger partial charge in [0.05, 0.1) is 0 Å². The molecule has 0 saturated heterocycles. The van der Waals surface area contributed by atoms with E-state index >= 15 is 0 Å². The highest BCUT2D eigenvalue weighted by molar-refractivity contribution is 5.13. The van der Waals surface area contributed by atoms with Crippen LogP contribution in [0.15, 0.2) is 10.8 Å². The molecule has 0 unspecified atom stereocenters. The Morgan fingerprint density at radius 1 is 1.75 bits per heavy atom. The van der Waals surface area contributed by atoms with Crippen molar-refractivity contribution >= 4 is 0 Å². The zero-order chi connectivity index (χ0) is 5.40. The van der Waals surface area contributed by atoms with Gasteiger partial charge in [-0.3, -0.25) is 0 Å². The molecule has 0 atom stereocenters. The smallest absolute Gasteiger partial charge is 0.139 e. The molecule has 0 aromatic carbocycles. The Balaban J connectivity index is 2.28. The van der Waals surface area contributed by atoms with Crippen LogP contribution in [0.1, 0.15) is 24.3 Å². The van der Waals surface area contributed by atoms with Crippen LogP contribution in [0.4, 0.5) is 0 Å². The van der Waals surface area contributed by atoms with Gasteiger partial charge in [-0.15, -0.1) is 0 Å². The van der Waals surface area contributed by atoms with Gasteiger partial charge in [0.25, 0.3) is 0 Å². The molecule has 8 heavy (non-hydrogen) atoms. The van der Waals surface area contributed by atoms with Crippen LogP contribution in [0, 0.1) is 6.20 Å². The average molecular weight is 108 g/mol. The van der Waals surface area contributed by atoms with Crippen molar-refractivity contribution in [2.24, 2.45) is 0 Å². The van der Waals surface area contributed by atoms with Crippen molar-refractivity contribution in [3.63, 3.8) is 0 Å². The lowest BCUT2D eigenvalue weighted by Gasteiger charge is -1.77. The first kappa shape index (κ1) is 4.13. The molecule has 1 radical (unpaired) electrons. The van der Waals surface area contributed by atoms with E-state index in [0.717, 1.165) is 11.5 Å². The molecule has 0 aliphatic heterocycles. The van der Waals surface area contributed by atoms with Crippen molar-refractivity contribution in [1.29, 1.82) is 0 Å². The lowest BCUT2D eigenvalue weighted by molar-refractivity contribution is 0.417. The predicted molar refractivity (Wildman–Crippen MR) is 27.3 cm³/mol. The summed E-state index contributed by atoms with van der Waals surface area (Å²) in [6, 6.07) is 0. The second kappa shape index (κ2) is 1.34. The largest absolute Gasteiger partial charge is 0.364 e. The Morgan fingerprint density at radius 3 is 3.12 bits per heavy atom. The molecule has 2 nitrogen and oxygen atoms in total. The van der Waals surface area contributed by atoms with Gasteiger partial charge in [-0.25, -0.2) is 0 Å². The third-order valence-corrected chi connectivity index (χ3v) is 1.42. The first-order chi connectivity index (χ1) is 3.97. The van der Waals surface area contributed by atoms with Gasteiger partial charge < -0.3 is 4.52 Å². The fraction of sp³-hybridized carbons (Fsp3) is 0.500. The average Bonchev–Trinajstić information content (AvgIpc) is 2.49.